The van der Waals surface area contributed by atoms with Gasteiger partial charge in [0, 0.05) is 25.7 Å². The summed E-state index contributed by atoms with van der Waals surface area (Å²) in [6, 6.07) is 0.273. The summed E-state index contributed by atoms with van der Waals surface area (Å²) in [5.74, 6) is 0.111. The first-order chi connectivity index (χ1) is 9.61. The minimum Gasteiger partial charge on any atom is -0.374 e. The van der Waals surface area contributed by atoms with Crippen molar-refractivity contribution < 1.29 is 9.53 Å². The first-order valence-corrected chi connectivity index (χ1v) is 7.92. The largest absolute Gasteiger partial charge is 0.374 e. The van der Waals surface area contributed by atoms with Crippen molar-refractivity contribution in [1.29, 1.82) is 0 Å². The summed E-state index contributed by atoms with van der Waals surface area (Å²) in [6.45, 7) is 8.08. The molecule has 0 spiro atoms. The Hall–Kier alpha value is -0.650. The number of nitrogens with zero attached hydrogens (tertiary/aromatic N) is 1. The predicted molar refractivity (Wildman–Crippen MR) is 81.9 cm³/mol. The maximum Gasteiger partial charge on any atom is 0.234 e. The molecule has 1 amide bonds. The number of hydrogen-bond acceptors (Lipinski definition) is 4. The molecule has 0 radical (unpaired) electrons. The van der Waals surface area contributed by atoms with Gasteiger partial charge in [-0.2, -0.15) is 0 Å². The van der Waals surface area contributed by atoms with Gasteiger partial charge in [-0.3, -0.25) is 9.69 Å². The third-order valence-corrected chi connectivity index (χ3v) is 3.58. The van der Waals surface area contributed by atoms with Gasteiger partial charge in [-0.05, 0) is 20.4 Å². The molecule has 0 bridgehead atoms. The molecule has 5 nitrogen and oxygen atoms in total. The molecule has 0 aromatic rings. The number of carbonyl (C=O) groups excluding carboxylic acids is 1. The lowest BCUT2D eigenvalue weighted by Gasteiger charge is -2.28. The molecule has 5 heteroatoms. The third-order valence-electron chi connectivity index (χ3n) is 3.58. The minimum absolute atomic E-state index is 0.111. The van der Waals surface area contributed by atoms with Gasteiger partial charge in [0.2, 0.25) is 5.91 Å². The van der Waals surface area contributed by atoms with Crippen LogP contribution in [0.4, 0.5) is 0 Å². The first kappa shape index (κ1) is 17.4. The molecule has 118 valence electrons. The molecule has 1 saturated heterocycles. The van der Waals surface area contributed by atoms with Crippen molar-refractivity contribution in [2.24, 2.45) is 0 Å². The van der Waals surface area contributed by atoms with Crippen molar-refractivity contribution in [3.05, 3.63) is 0 Å². The van der Waals surface area contributed by atoms with Crippen molar-refractivity contribution in [2.45, 2.75) is 51.7 Å². The van der Waals surface area contributed by atoms with Crippen LogP contribution in [0.25, 0.3) is 0 Å². The molecule has 0 aromatic carbocycles. The third kappa shape index (κ3) is 7.82. The molecule has 2 N–H and O–H groups in total. The minimum atomic E-state index is 0.111. The van der Waals surface area contributed by atoms with Crippen LogP contribution in [0.1, 0.15) is 39.5 Å². The molecular weight excluding hydrogens is 254 g/mol. The van der Waals surface area contributed by atoms with E-state index in [9.17, 15) is 4.79 Å². The SMILES string of the molecule is CCCCCC(C)NC(=O)CN(C)CC1CNCCO1. The Morgan fingerprint density at radius 2 is 2.30 bits per heavy atom. The summed E-state index contributed by atoms with van der Waals surface area (Å²) in [5.41, 5.74) is 0. The smallest absolute Gasteiger partial charge is 0.234 e. The number of nitrogens with one attached hydrogen (secondary N) is 2. The van der Waals surface area contributed by atoms with Crippen molar-refractivity contribution in [3.63, 3.8) is 0 Å². The fraction of sp³-hybridized carbons (Fsp3) is 0.933. The molecule has 1 rings (SSSR count). The Balaban J connectivity index is 2.13. The summed E-state index contributed by atoms with van der Waals surface area (Å²) in [6.07, 6.45) is 4.92. The van der Waals surface area contributed by atoms with Gasteiger partial charge in [0.15, 0.2) is 0 Å². The second-order valence-electron chi connectivity index (χ2n) is 5.86. The number of carbonyl (C=O) groups is 1. The second kappa shape index (κ2) is 10.1. The molecule has 1 aliphatic heterocycles. The Bertz CT molecular complexity index is 268. The predicted octanol–water partition coefficient (Wildman–Crippen LogP) is 0.992. The summed E-state index contributed by atoms with van der Waals surface area (Å²) < 4.78 is 5.64. The van der Waals surface area contributed by atoms with E-state index in [2.05, 4.69) is 24.5 Å². The summed E-state index contributed by atoms with van der Waals surface area (Å²) in [7, 11) is 1.97. The Kier molecular flexibility index (Phi) is 8.82. The van der Waals surface area contributed by atoms with Crippen molar-refractivity contribution in [2.75, 3.05) is 39.8 Å². The van der Waals surface area contributed by atoms with Gasteiger partial charge in [0.1, 0.15) is 0 Å². The number of hydrogen-bond donors (Lipinski definition) is 2. The molecule has 0 aliphatic carbocycles. The van der Waals surface area contributed by atoms with E-state index in [1.54, 1.807) is 0 Å². The number of unbranched alkanes of at least 4 members (excludes halogenated alkanes) is 2. The summed E-state index contributed by atoms with van der Waals surface area (Å²) in [5, 5.41) is 6.37. The van der Waals surface area contributed by atoms with Gasteiger partial charge in [-0.15, -0.1) is 0 Å². The van der Waals surface area contributed by atoms with E-state index < -0.39 is 0 Å². The van der Waals surface area contributed by atoms with E-state index in [4.69, 9.17) is 4.74 Å². The second-order valence-corrected chi connectivity index (χ2v) is 5.86. The molecule has 2 atom stereocenters. The van der Waals surface area contributed by atoms with Crippen molar-refractivity contribution in [1.82, 2.24) is 15.5 Å². The number of amides is 1. The van der Waals surface area contributed by atoms with Gasteiger partial charge in [-0.1, -0.05) is 26.2 Å². The van der Waals surface area contributed by atoms with Crippen LogP contribution < -0.4 is 10.6 Å². The van der Waals surface area contributed by atoms with Crippen LogP contribution in [0.3, 0.4) is 0 Å². The highest BCUT2D eigenvalue weighted by Gasteiger charge is 2.17. The lowest BCUT2D eigenvalue weighted by Crippen LogP contribution is -2.47. The van der Waals surface area contributed by atoms with E-state index in [0.29, 0.717) is 6.54 Å². The standard InChI is InChI=1S/C15H31N3O2/c1-4-5-6-7-13(2)17-15(19)12-18(3)11-14-10-16-8-9-20-14/h13-14,16H,4-12H2,1-3H3,(H,17,19). The average Bonchev–Trinajstić information content (AvgIpc) is 2.39. The zero-order valence-corrected chi connectivity index (χ0v) is 13.3. The fourth-order valence-electron chi connectivity index (χ4n) is 2.49. The zero-order chi connectivity index (χ0) is 14.8. The van der Waals surface area contributed by atoms with Gasteiger partial charge >= 0.3 is 0 Å². The number of likely N-dealkylation sites (N-methyl/N-ethyl adjacent to an activating group) is 1. The van der Waals surface area contributed by atoms with E-state index in [0.717, 1.165) is 32.7 Å². The van der Waals surface area contributed by atoms with Crippen LogP contribution in [0, 0.1) is 0 Å². The van der Waals surface area contributed by atoms with E-state index in [1.807, 2.05) is 11.9 Å². The molecule has 0 saturated carbocycles. The molecule has 2 unspecified atom stereocenters. The summed E-state index contributed by atoms with van der Waals surface area (Å²) >= 11 is 0. The quantitative estimate of drug-likeness (QED) is 0.620. The van der Waals surface area contributed by atoms with Crippen LogP contribution in [0.5, 0.6) is 0 Å². The lowest BCUT2D eigenvalue weighted by atomic mass is 10.1. The van der Waals surface area contributed by atoms with Crippen LogP contribution in [-0.2, 0) is 9.53 Å². The maximum atomic E-state index is 11.9. The van der Waals surface area contributed by atoms with Crippen LogP contribution >= 0.6 is 0 Å². The molecular formula is C15H31N3O2. The molecule has 0 aromatic heterocycles. The van der Waals surface area contributed by atoms with Crippen molar-refractivity contribution in [3.8, 4) is 0 Å². The lowest BCUT2D eigenvalue weighted by molar-refractivity contribution is -0.123. The highest BCUT2D eigenvalue weighted by atomic mass is 16.5. The highest BCUT2D eigenvalue weighted by Crippen LogP contribution is 2.03. The van der Waals surface area contributed by atoms with Crippen LogP contribution in [0.2, 0.25) is 0 Å². The Morgan fingerprint density at radius 1 is 1.50 bits per heavy atom. The number of ether oxygens (including phenoxy) is 1. The molecule has 1 aliphatic rings. The fourth-order valence-corrected chi connectivity index (χ4v) is 2.49. The van der Waals surface area contributed by atoms with Gasteiger partial charge in [0.05, 0.1) is 19.3 Å². The van der Waals surface area contributed by atoms with Crippen molar-refractivity contribution >= 4 is 5.91 Å². The monoisotopic (exact) mass is 285 g/mol. The highest BCUT2D eigenvalue weighted by molar-refractivity contribution is 5.78. The molecule has 20 heavy (non-hydrogen) atoms. The maximum absolute atomic E-state index is 11.9. The Morgan fingerprint density at radius 3 is 2.95 bits per heavy atom. The molecule has 1 heterocycles. The normalized spacial score (nSPS) is 20.9. The van der Waals surface area contributed by atoms with E-state index in [1.165, 1.54) is 19.3 Å². The van der Waals surface area contributed by atoms with Crippen LogP contribution in [0.15, 0.2) is 0 Å². The van der Waals surface area contributed by atoms with Crippen LogP contribution in [-0.4, -0.2) is 62.8 Å². The average molecular weight is 285 g/mol. The van der Waals surface area contributed by atoms with Gasteiger partial charge in [0.25, 0.3) is 0 Å². The van der Waals surface area contributed by atoms with E-state index >= 15 is 0 Å². The Labute approximate surface area is 123 Å². The topological polar surface area (TPSA) is 53.6 Å². The number of morpholine rings is 1. The molecule has 1 fully saturated rings. The zero-order valence-electron chi connectivity index (χ0n) is 13.3. The summed E-state index contributed by atoms with van der Waals surface area (Å²) in [4.78, 5) is 14.0. The first-order valence-electron chi connectivity index (χ1n) is 7.92. The van der Waals surface area contributed by atoms with Gasteiger partial charge in [-0.25, -0.2) is 0 Å². The van der Waals surface area contributed by atoms with Gasteiger partial charge < -0.3 is 15.4 Å². The van der Waals surface area contributed by atoms with E-state index in [-0.39, 0.29) is 18.1 Å². The number of rotatable bonds is 9.